The van der Waals surface area contributed by atoms with Gasteiger partial charge in [0.25, 0.3) is 0 Å². The van der Waals surface area contributed by atoms with Gasteiger partial charge in [0, 0.05) is 19.0 Å². The lowest BCUT2D eigenvalue weighted by atomic mass is 10.3. The van der Waals surface area contributed by atoms with Crippen molar-refractivity contribution >= 4 is 0 Å². The fourth-order valence-electron chi connectivity index (χ4n) is 0.571. The summed E-state index contributed by atoms with van der Waals surface area (Å²) in [5, 5.41) is 3.25. The van der Waals surface area contributed by atoms with Gasteiger partial charge in [-0.15, -0.1) is 18.4 Å². The van der Waals surface area contributed by atoms with Gasteiger partial charge in [0.2, 0.25) is 0 Å². The van der Waals surface area contributed by atoms with Gasteiger partial charge in [-0.2, -0.15) is 0 Å². The monoisotopic (exact) mass is 137 g/mol. The van der Waals surface area contributed by atoms with Crippen molar-refractivity contribution in [1.82, 2.24) is 5.32 Å². The Balaban J connectivity index is 3.16. The van der Waals surface area contributed by atoms with Crippen molar-refractivity contribution in [2.75, 3.05) is 6.54 Å². The van der Waals surface area contributed by atoms with Gasteiger partial charge in [-0.25, -0.2) is 0 Å². The van der Waals surface area contributed by atoms with Gasteiger partial charge in [-0.3, -0.25) is 0 Å². The molecule has 0 bridgehead atoms. The maximum absolute atomic E-state index is 3.66. The van der Waals surface area contributed by atoms with Crippen LogP contribution in [0.4, 0.5) is 0 Å². The molecule has 0 radical (unpaired) electrons. The summed E-state index contributed by atoms with van der Waals surface area (Å²) in [6.07, 6.45) is 2.81. The molecule has 10 heavy (non-hydrogen) atoms. The van der Waals surface area contributed by atoms with Crippen molar-refractivity contribution in [1.29, 1.82) is 0 Å². The van der Waals surface area contributed by atoms with Crippen LogP contribution in [0.1, 0.15) is 20.3 Å². The number of nitrogens with one attached hydrogen (secondary N) is 1. The molecule has 0 spiro atoms. The Hall–Kier alpha value is -0.740. The number of hydrogen-bond acceptors (Lipinski definition) is 1. The third-order valence-corrected chi connectivity index (χ3v) is 1.25. The van der Waals surface area contributed by atoms with Crippen molar-refractivity contribution in [3.05, 3.63) is 12.7 Å². The average Bonchev–Trinajstić information content (AvgIpc) is 1.98. The highest BCUT2D eigenvalue weighted by molar-refractivity contribution is 4.95. The smallest absolute Gasteiger partial charge is 0.0219 e. The molecule has 0 amide bonds. The standard InChI is InChI=1S/C9H15N/c1-4-6-7-8-10-9(3)5-2/h5,9-10H,2,7-8H2,1,3H3. The molecule has 56 valence electrons. The number of hydrogen-bond donors (Lipinski definition) is 1. The van der Waals surface area contributed by atoms with E-state index in [4.69, 9.17) is 0 Å². The first kappa shape index (κ1) is 9.26. The van der Waals surface area contributed by atoms with Crippen LogP contribution >= 0.6 is 0 Å². The summed E-state index contributed by atoms with van der Waals surface area (Å²) in [6, 6.07) is 0.402. The molecule has 1 unspecified atom stereocenters. The molecule has 1 nitrogen and oxygen atoms in total. The van der Waals surface area contributed by atoms with Crippen molar-refractivity contribution in [3.63, 3.8) is 0 Å². The minimum absolute atomic E-state index is 0.402. The quantitative estimate of drug-likeness (QED) is 0.352. The van der Waals surface area contributed by atoms with E-state index < -0.39 is 0 Å². The highest BCUT2D eigenvalue weighted by atomic mass is 14.9. The molecule has 0 aliphatic carbocycles. The van der Waals surface area contributed by atoms with E-state index in [2.05, 4.69) is 30.7 Å². The summed E-state index contributed by atoms with van der Waals surface area (Å²) >= 11 is 0. The van der Waals surface area contributed by atoms with Gasteiger partial charge in [0.15, 0.2) is 0 Å². The van der Waals surface area contributed by atoms with E-state index in [0.29, 0.717) is 6.04 Å². The Kier molecular flexibility index (Phi) is 5.91. The van der Waals surface area contributed by atoms with Gasteiger partial charge in [0.05, 0.1) is 0 Å². The van der Waals surface area contributed by atoms with E-state index in [1.54, 1.807) is 0 Å². The largest absolute Gasteiger partial charge is 0.310 e. The summed E-state index contributed by atoms with van der Waals surface area (Å²) in [5.41, 5.74) is 0. The van der Waals surface area contributed by atoms with Crippen LogP contribution in [0.2, 0.25) is 0 Å². The minimum Gasteiger partial charge on any atom is -0.310 e. The molecule has 0 aliphatic rings. The maximum Gasteiger partial charge on any atom is 0.0219 e. The predicted octanol–water partition coefficient (Wildman–Crippen LogP) is 1.56. The zero-order valence-corrected chi connectivity index (χ0v) is 6.78. The van der Waals surface area contributed by atoms with E-state index in [9.17, 15) is 0 Å². The lowest BCUT2D eigenvalue weighted by Crippen LogP contribution is -2.24. The highest BCUT2D eigenvalue weighted by Gasteiger charge is 1.89. The maximum atomic E-state index is 3.66. The van der Waals surface area contributed by atoms with Gasteiger partial charge in [0.1, 0.15) is 0 Å². The molecule has 0 aromatic heterocycles. The van der Waals surface area contributed by atoms with Crippen LogP contribution in [0.3, 0.4) is 0 Å². The van der Waals surface area contributed by atoms with Crippen molar-refractivity contribution in [2.24, 2.45) is 0 Å². The Labute approximate surface area is 63.5 Å². The zero-order chi connectivity index (χ0) is 7.82. The molecule has 1 atom stereocenters. The Bertz CT molecular complexity index is 139. The second kappa shape index (κ2) is 6.38. The molecule has 0 saturated carbocycles. The van der Waals surface area contributed by atoms with Gasteiger partial charge < -0.3 is 5.32 Å². The zero-order valence-electron chi connectivity index (χ0n) is 6.78. The Morgan fingerprint density at radius 3 is 2.90 bits per heavy atom. The second-order valence-electron chi connectivity index (χ2n) is 2.16. The molecular formula is C9H15N. The first-order valence-corrected chi connectivity index (χ1v) is 3.56. The van der Waals surface area contributed by atoms with E-state index in [1.165, 1.54) is 0 Å². The topological polar surface area (TPSA) is 12.0 Å². The normalized spacial score (nSPS) is 11.4. The molecule has 1 N–H and O–H groups in total. The fourth-order valence-corrected chi connectivity index (χ4v) is 0.571. The molecule has 0 saturated heterocycles. The van der Waals surface area contributed by atoms with Crippen LogP contribution in [-0.4, -0.2) is 12.6 Å². The van der Waals surface area contributed by atoms with E-state index in [-0.39, 0.29) is 0 Å². The molecule has 0 aromatic rings. The second-order valence-corrected chi connectivity index (χ2v) is 2.16. The van der Waals surface area contributed by atoms with E-state index in [0.717, 1.165) is 13.0 Å². The third kappa shape index (κ3) is 5.40. The Morgan fingerprint density at radius 1 is 1.70 bits per heavy atom. The summed E-state index contributed by atoms with van der Waals surface area (Å²) in [4.78, 5) is 0. The van der Waals surface area contributed by atoms with E-state index >= 15 is 0 Å². The van der Waals surface area contributed by atoms with Crippen LogP contribution in [-0.2, 0) is 0 Å². The SMILES string of the molecule is C=CC(C)NCCC#CC. The van der Waals surface area contributed by atoms with Crippen LogP contribution in [0.5, 0.6) is 0 Å². The van der Waals surface area contributed by atoms with Crippen molar-refractivity contribution in [2.45, 2.75) is 26.3 Å². The van der Waals surface area contributed by atoms with Crippen molar-refractivity contribution < 1.29 is 0 Å². The van der Waals surface area contributed by atoms with Crippen LogP contribution in [0.15, 0.2) is 12.7 Å². The molecular weight excluding hydrogens is 122 g/mol. The minimum atomic E-state index is 0.402. The average molecular weight is 137 g/mol. The molecule has 1 heteroatoms. The van der Waals surface area contributed by atoms with Gasteiger partial charge in [-0.1, -0.05) is 6.08 Å². The highest BCUT2D eigenvalue weighted by Crippen LogP contribution is 1.81. The van der Waals surface area contributed by atoms with Crippen LogP contribution < -0.4 is 5.32 Å². The molecule has 0 rings (SSSR count). The van der Waals surface area contributed by atoms with Gasteiger partial charge in [-0.05, 0) is 13.8 Å². The summed E-state index contributed by atoms with van der Waals surface area (Å²) in [7, 11) is 0. The van der Waals surface area contributed by atoms with E-state index in [1.807, 2.05) is 13.0 Å². The lowest BCUT2D eigenvalue weighted by molar-refractivity contribution is 0.643. The fraction of sp³-hybridized carbons (Fsp3) is 0.556. The first-order valence-electron chi connectivity index (χ1n) is 3.56. The molecule has 0 heterocycles. The van der Waals surface area contributed by atoms with Crippen molar-refractivity contribution in [3.8, 4) is 11.8 Å². The van der Waals surface area contributed by atoms with Crippen LogP contribution in [0.25, 0.3) is 0 Å². The van der Waals surface area contributed by atoms with Crippen LogP contribution in [0, 0.1) is 11.8 Å². The Morgan fingerprint density at radius 2 is 2.40 bits per heavy atom. The molecule has 0 aliphatic heterocycles. The van der Waals surface area contributed by atoms with Gasteiger partial charge >= 0.3 is 0 Å². The third-order valence-electron chi connectivity index (χ3n) is 1.25. The number of rotatable bonds is 4. The summed E-state index contributed by atoms with van der Waals surface area (Å²) in [6.45, 7) is 8.55. The molecule has 0 aromatic carbocycles. The summed E-state index contributed by atoms with van der Waals surface area (Å²) < 4.78 is 0. The predicted molar refractivity (Wildman–Crippen MR) is 45.7 cm³/mol. The summed E-state index contributed by atoms with van der Waals surface area (Å²) in [5.74, 6) is 5.82. The molecule has 0 fully saturated rings. The lowest BCUT2D eigenvalue weighted by Gasteiger charge is -2.05. The first-order chi connectivity index (χ1) is 4.81.